The molecule has 0 spiro atoms. The maximum Gasteiger partial charge on any atom is 0.263 e. The molecule has 9 heteroatoms. The van der Waals surface area contributed by atoms with Crippen molar-refractivity contribution in [3.8, 4) is 0 Å². The van der Waals surface area contributed by atoms with Crippen LogP contribution in [0.2, 0.25) is 0 Å². The lowest BCUT2D eigenvalue weighted by Crippen LogP contribution is -2.30. The summed E-state index contributed by atoms with van der Waals surface area (Å²) in [6, 6.07) is 1.72. The molecule has 0 aromatic carbocycles. The number of thiazole rings is 1. The topological polar surface area (TPSA) is 100 Å². The molecule has 0 atom stereocenters. The van der Waals surface area contributed by atoms with E-state index in [0.717, 1.165) is 19.4 Å². The van der Waals surface area contributed by atoms with Crippen molar-refractivity contribution in [2.45, 2.75) is 19.3 Å². The highest BCUT2D eigenvalue weighted by Gasteiger charge is 2.19. The third-order valence-corrected chi connectivity index (χ3v) is 4.52. The van der Waals surface area contributed by atoms with Crippen LogP contribution in [0.3, 0.4) is 0 Å². The lowest BCUT2D eigenvalue weighted by molar-refractivity contribution is -0.127. The Bertz CT molecular complexity index is 705. The third-order valence-electron chi connectivity index (χ3n) is 3.61. The van der Waals surface area contributed by atoms with E-state index < -0.39 is 0 Å². The van der Waals surface area contributed by atoms with Crippen LogP contribution in [-0.4, -0.2) is 51.3 Å². The first-order valence-electron chi connectivity index (χ1n) is 7.77. The monoisotopic (exact) mass is 346 g/mol. The van der Waals surface area contributed by atoms with Crippen LogP contribution in [0.15, 0.2) is 24.8 Å². The fraction of sp³-hybridized carbons (Fsp3) is 0.400. The summed E-state index contributed by atoms with van der Waals surface area (Å²) in [5.74, 6) is 0.682. The Morgan fingerprint density at radius 3 is 3.04 bits per heavy atom. The van der Waals surface area contributed by atoms with Crippen LogP contribution in [0.25, 0.3) is 0 Å². The summed E-state index contributed by atoms with van der Waals surface area (Å²) < 4.78 is 0. The summed E-state index contributed by atoms with van der Waals surface area (Å²) in [4.78, 5) is 38.0. The number of anilines is 2. The molecule has 0 unspecified atom stereocenters. The molecule has 2 aromatic heterocycles. The SMILES string of the molecule is O=C(NCCCN1CCCC1=O)c1cnc(Nc2ccncn2)s1. The van der Waals surface area contributed by atoms with Crippen LogP contribution in [0, 0.1) is 0 Å². The average molecular weight is 346 g/mol. The van der Waals surface area contributed by atoms with Gasteiger partial charge in [-0.05, 0) is 18.9 Å². The molecule has 24 heavy (non-hydrogen) atoms. The summed E-state index contributed by atoms with van der Waals surface area (Å²) in [5, 5.41) is 6.47. The molecule has 1 aliphatic heterocycles. The first-order chi connectivity index (χ1) is 11.7. The predicted molar refractivity (Wildman–Crippen MR) is 90.2 cm³/mol. The summed E-state index contributed by atoms with van der Waals surface area (Å²) in [6.45, 7) is 2.07. The summed E-state index contributed by atoms with van der Waals surface area (Å²) >= 11 is 1.26. The van der Waals surface area contributed by atoms with Crippen molar-refractivity contribution >= 4 is 34.1 Å². The lowest BCUT2D eigenvalue weighted by Gasteiger charge is -2.15. The summed E-state index contributed by atoms with van der Waals surface area (Å²) in [7, 11) is 0. The molecule has 126 valence electrons. The second-order valence-electron chi connectivity index (χ2n) is 5.34. The lowest BCUT2D eigenvalue weighted by atomic mass is 10.3. The first kappa shape index (κ1) is 16.3. The van der Waals surface area contributed by atoms with Gasteiger partial charge in [0.1, 0.15) is 17.0 Å². The number of carbonyl (C=O) groups excluding carboxylic acids is 2. The van der Waals surface area contributed by atoms with E-state index in [9.17, 15) is 9.59 Å². The Labute approximate surface area is 143 Å². The predicted octanol–water partition coefficient (Wildman–Crippen LogP) is 1.42. The quantitative estimate of drug-likeness (QED) is 0.736. The molecular formula is C15H18N6O2S. The number of likely N-dealkylation sites (tertiary alicyclic amines) is 1. The van der Waals surface area contributed by atoms with Gasteiger partial charge in [-0.15, -0.1) is 0 Å². The molecule has 3 heterocycles. The number of hydrogen-bond donors (Lipinski definition) is 2. The standard InChI is InChI=1S/C15H18N6O2S/c22-13-3-1-7-21(13)8-2-5-17-14(23)11-9-18-15(24-11)20-12-4-6-16-10-19-12/h4,6,9-10H,1-3,5,7-8H2,(H,17,23)(H,16,18,19,20). The van der Waals surface area contributed by atoms with E-state index in [1.165, 1.54) is 23.9 Å². The van der Waals surface area contributed by atoms with Gasteiger partial charge in [0.05, 0.1) is 6.20 Å². The van der Waals surface area contributed by atoms with Crippen molar-refractivity contribution in [1.29, 1.82) is 0 Å². The second kappa shape index (κ2) is 7.82. The summed E-state index contributed by atoms with van der Waals surface area (Å²) in [5.41, 5.74) is 0. The molecule has 1 aliphatic rings. The van der Waals surface area contributed by atoms with Gasteiger partial charge in [0, 0.05) is 32.3 Å². The molecule has 1 fully saturated rings. The van der Waals surface area contributed by atoms with Crippen LogP contribution < -0.4 is 10.6 Å². The highest BCUT2D eigenvalue weighted by Crippen LogP contribution is 2.21. The molecule has 1 saturated heterocycles. The Kier molecular flexibility index (Phi) is 5.32. The zero-order chi connectivity index (χ0) is 16.8. The molecule has 2 N–H and O–H groups in total. The van der Waals surface area contributed by atoms with Gasteiger partial charge in [-0.1, -0.05) is 11.3 Å². The van der Waals surface area contributed by atoms with Gasteiger partial charge in [-0.25, -0.2) is 15.0 Å². The Hall–Kier alpha value is -2.55. The fourth-order valence-electron chi connectivity index (χ4n) is 2.41. The number of aromatic nitrogens is 3. The molecule has 3 rings (SSSR count). The van der Waals surface area contributed by atoms with Gasteiger partial charge in [-0.2, -0.15) is 0 Å². The maximum absolute atomic E-state index is 12.1. The smallest absolute Gasteiger partial charge is 0.263 e. The molecule has 2 amide bonds. The molecular weight excluding hydrogens is 328 g/mol. The summed E-state index contributed by atoms with van der Waals surface area (Å²) in [6.07, 6.45) is 6.94. The van der Waals surface area contributed by atoms with Crippen molar-refractivity contribution < 1.29 is 9.59 Å². The van der Waals surface area contributed by atoms with Gasteiger partial charge in [-0.3, -0.25) is 9.59 Å². The Morgan fingerprint density at radius 1 is 1.38 bits per heavy atom. The maximum atomic E-state index is 12.1. The number of nitrogens with one attached hydrogen (secondary N) is 2. The van der Waals surface area contributed by atoms with Crippen molar-refractivity contribution in [3.63, 3.8) is 0 Å². The Balaban J connectivity index is 1.43. The Morgan fingerprint density at radius 2 is 2.29 bits per heavy atom. The molecule has 0 bridgehead atoms. The minimum Gasteiger partial charge on any atom is -0.351 e. The number of amides is 2. The van der Waals surface area contributed by atoms with E-state index in [4.69, 9.17) is 0 Å². The van der Waals surface area contributed by atoms with Crippen LogP contribution >= 0.6 is 11.3 Å². The number of carbonyl (C=O) groups is 2. The fourth-order valence-corrected chi connectivity index (χ4v) is 3.15. The molecule has 0 saturated carbocycles. The minimum absolute atomic E-state index is 0.156. The van der Waals surface area contributed by atoms with Gasteiger partial charge in [0.25, 0.3) is 5.91 Å². The third kappa shape index (κ3) is 4.25. The van der Waals surface area contributed by atoms with Gasteiger partial charge < -0.3 is 15.5 Å². The largest absolute Gasteiger partial charge is 0.351 e. The number of rotatable bonds is 7. The molecule has 2 aromatic rings. The minimum atomic E-state index is -0.156. The number of nitrogens with zero attached hydrogens (tertiary/aromatic N) is 4. The van der Waals surface area contributed by atoms with Crippen molar-refractivity contribution in [1.82, 2.24) is 25.2 Å². The van der Waals surface area contributed by atoms with E-state index in [0.29, 0.717) is 35.3 Å². The van der Waals surface area contributed by atoms with Crippen LogP contribution in [0.1, 0.15) is 28.9 Å². The molecule has 8 nitrogen and oxygen atoms in total. The highest BCUT2D eigenvalue weighted by molar-refractivity contribution is 7.17. The van der Waals surface area contributed by atoms with E-state index in [2.05, 4.69) is 25.6 Å². The van der Waals surface area contributed by atoms with Crippen molar-refractivity contribution in [2.75, 3.05) is 25.0 Å². The van der Waals surface area contributed by atoms with E-state index in [1.54, 1.807) is 12.3 Å². The van der Waals surface area contributed by atoms with E-state index in [-0.39, 0.29) is 11.8 Å². The van der Waals surface area contributed by atoms with Gasteiger partial charge in [0.2, 0.25) is 5.91 Å². The highest BCUT2D eigenvalue weighted by atomic mass is 32.1. The van der Waals surface area contributed by atoms with Crippen LogP contribution in [0.4, 0.5) is 10.9 Å². The van der Waals surface area contributed by atoms with Crippen LogP contribution in [0.5, 0.6) is 0 Å². The molecule has 0 aliphatic carbocycles. The van der Waals surface area contributed by atoms with Crippen molar-refractivity contribution in [3.05, 3.63) is 29.7 Å². The second-order valence-corrected chi connectivity index (χ2v) is 6.37. The normalized spacial score (nSPS) is 14.0. The van der Waals surface area contributed by atoms with Crippen LogP contribution in [-0.2, 0) is 4.79 Å². The van der Waals surface area contributed by atoms with E-state index >= 15 is 0 Å². The number of hydrogen-bond acceptors (Lipinski definition) is 7. The van der Waals surface area contributed by atoms with E-state index in [1.807, 2.05) is 4.90 Å². The average Bonchev–Trinajstić information content (AvgIpc) is 3.22. The first-order valence-corrected chi connectivity index (χ1v) is 8.59. The van der Waals surface area contributed by atoms with Gasteiger partial charge in [0.15, 0.2) is 5.13 Å². The zero-order valence-electron chi connectivity index (χ0n) is 13.1. The van der Waals surface area contributed by atoms with Crippen molar-refractivity contribution in [2.24, 2.45) is 0 Å². The zero-order valence-corrected chi connectivity index (χ0v) is 13.9. The molecule has 0 radical (unpaired) electrons. The van der Waals surface area contributed by atoms with Gasteiger partial charge >= 0.3 is 0 Å².